The van der Waals surface area contributed by atoms with E-state index >= 15 is 0 Å². The summed E-state index contributed by atoms with van der Waals surface area (Å²) in [4.78, 5) is 27.8. The highest BCUT2D eigenvalue weighted by atomic mass is 32.2. The van der Waals surface area contributed by atoms with E-state index in [2.05, 4.69) is 26.0 Å². The third kappa shape index (κ3) is 4.25. The Morgan fingerprint density at radius 2 is 1.77 bits per heavy atom. The standard InChI is InChI=1S/C17H16N6O2S/c1-23-15(12-7-9-18-10-8-12)20-22-17(23)26-11-14(24)19-21-16(25)13-5-3-2-4-6-13/h2-10H,11H2,1H3,(H,19,24)(H,21,25). The summed E-state index contributed by atoms with van der Waals surface area (Å²) in [5.74, 6) is 0.0696. The quantitative estimate of drug-likeness (QED) is 0.522. The zero-order valence-corrected chi connectivity index (χ0v) is 14.7. The first-order valence-corrected chi connectivity index (χ1v) is 8.70. The molecule has 0 aliphatic carbocycles. The Kier molecular flexibility index (Phi) is 5.59. The molecule has 0 aliphatic rings. The maximum Gasteiger partial charge on any atom is 0.269 e. The van der Waals surface area contributed by atoms with Gasteiger partial charge in [0.25, 0.3) is 5.91 Å². The summed E-state index contributed by atoms with van der Waals surface area (Å²) in [5, 5.41) is 8.83. The maximum atomic E-state index is 11.9. The van der Waals surface area contributed by atoms with Crippen molar-refractivity contribution in [1.29, 1.82) is 0 Å². The molecule has 0 fully saturated rings. The average Bonchev–Trinajstić information content (AvgIpc) is 3.06. The molecule has 0 aliphatic heterocycles. The van der Waals surface area contributed by atoms with Crippen LogP contribution in [0.3, 0.4) is 0 Å². The predicted molar refractivity (Wildman–Crippen MR) is 97.0 cm³/mol. The summed E-state index contributed by atoms with van der Waals surface area (Å²) in [6, 6.07) is 12.3. The SMILES string of the molecule is Cn1c(SCC(=O)NNC(=O)c2ccccc2)nnc1-c1ccncc1. The molecule has 2 aromatic heterocycles. The van der Waals surface area contributed by atoms with Gasteiger partial charge in [-0.1, -0.05) is 30.0 Å². The average molecular weight is 368 g/mol. The van der Waals surface area contributed by atoms with E-state index in [0.29, 0.717) is 16.5 Å². The number of nitrogens with zero attached hydrogens (tertiary/aromatic N) is 4. The molecule has 132 valence electrons. The van der Waals surface area contributed by atoms with Gasteiger partial charge in [-0.2, -0.15) is 0 Å². The normalized spacial score (nSPS) is 10.3. The molecule has 0 saturated heterocycles. The summed E-state index contributed by atoms with van der Waals surface area (Å²) in [5.41, 5.74) is 6.12. The van der Waals surface area contributed by atoms with Crippen LogP contribution >= 0.6 is 11.8 Å². The van der Waals surface area contributed by atoms with Crippen molar-refractivity contribution in [3.05, 3.63) is 60.4 Å². The topological polar surface area (TPSA) is 102 Å². The number of amides is 2. The second-order valence-electron chi connectivity index (χ2n) is 5.26. The van der Waals surface area contributed by atoms with Gasteiger partial charge in [-0.05, 0) is 24.3 Å². The van der Waals surface area contributed by atoms with E-state index in [9.17, 15) is 9.59 Å². The largest absolute Gasteiger partial charge is 0.305 e. The Bertz CT molecular complexity index is 898. The highest BCUT2D eigenvalue weighted by molar-refractivity contribution is 7.99. The fraction of sp³-hybridized carbons (Fsp3) is 0.118. The summed E-state index contributed by atoms with van der Waals surface area (Å²) >= 11 is 1.23. The molecule has 8 nitrogen and oxygen atoms in total. The Morgan fingerprint density at radius 1 is 1.04 bits per heavy atom. The van der Waals surface area contributed by atoms with Gasteiger partial charge in [-0.25, -0.2) is 0 Å². The molecule has 1 aromatic carbocycles. The van der Waals surface area contributed by atoms with E-state index in [-0.39, 0.29) is 17.6 Å². The maximum absolute atomic E-state index is 11.9. The highest BCUT2D eigenvalue weighted by Crippen LogP contribution is 2.21. The minimum atomic E-state index is -0.373. The van der Waals surface area contributed by atoms with Gasteiger partial charge in [0.05, 0.1) is 5.75 Å². The summed E-state index contributed by atoms with van der Waals surface area (Å²) in [6.07, 6.45) is 3.36. The molecule has 2 N–H and O–H groups in total. The van der Waals surface area contributed by atoms with Crippen LogP contribution in [0.4, 0.5) is 0 Å². The number of hydrogen-bond acceptors (Lipinski definition) is 6. The Balaban J connectivity index is 1.52. The lowest BCUT2D eigenvalue weighted by Crippen LogP contribution is -2.42. The number of pyridine rings is 1. The first-order valence-electron chi connectivity index (χ1n) is 7.72. The smallest absolute Gasteiger partial charge is 0.269 e. The van der Waals surface area contributed by atoms with Crippen LogP contribution in [-0.2, 0) is 11.8 Å². The first-order chi connectivity index (χ1) is 12.6. The zero-order chi connectivity index (χ0) is 18.4. The fourth-order valence-corrected chi connectivity index (χ4v) is 2.86. The number of carbonyl (C=O) groups excluding carboxylic acids is 2. The number of aromatic nitrogens is 4. The van der Waals surface area contributed by atoms with E-state index in [1.165, 1.54) is 11.8 Å². The van der Waals surface area contributed by atoms with Crippen LogP contribution in [0.2, 0.25) is 0 Å². The third-order valence-corrected chi connectivity index (χ3v) is 4.48. The van der Waals surface area contributed by atoms with Crippen LogP contribution in [0.5, 0.6) is 0 Å². The van der Waals surface area contributed by atoms with E-state index in [1.807, 2.05) is 25.2 Å². The van der Waals surface area contributed by atoms with Gasteiger partial charge in [-0.15, -0.1) is 10.2 Å². The van der Waals surface area contributed by atoms with Gasteiger partial charge < -0.3 is 4.57 Å². The van der Waals surface area contributed by atoms with E-state index < -0.39 is 0 Å². The van der Waals surface area contributed by atoms with Gasteiger partial charge in [0.1, 0.15) is 0 Å². The molecular formula is C17H16N6O2S. The van der Waals surface area contributed by atoms with Gasteiger partial charge in [-0.3, -0.25) is 25.4 Å². The summed E-state index contributed by atoms with van der Waals surface area (Å²) in [6.45, 7) is 0. The van der Waals surface area contributed by atoms with Crippen molar-refractivity contribution < 1.29 is 9.59 Å². The lowest BCUT2D eigenvalue weighted by Gasteiger charge is -2.07. The second kappa shape index (κ2) is 8.26. The van der Waals surface area contributed by atoms with Crippen molar-refractivity contribution in [2.45, 2.75) is 5.16 Å². The number of hydrogen-bond donors (Lipinski definition) is 2. The minimum absolute atomic E-state index is 0.0946. The zero-order valence-electron chi connectivity index (χ0n) is 13.9. The molecule has 0 atom stereocenters. The van der Waals surface area contributed by atoms with Crippen LogP contribution in [0.1, 0.15) is 10.4 Å². The number of nitrogens with one attached hydrogen (secondary N) is 2. The molecule has 0 saturated carbocycles. The molecule has 0 bridgehead atoms. The van der Waals surface area contributed by atoms with Crippen molar-refractivity contribution in [2.75, 3.05) is 5.75 Å². The van der Waals surface area contributed by atoms with Gasteiger partial charge in [0, 0.05) is 30.6 Å². The molecule has 3 rings (SSSR count). The van der Waals surface area contributed by atoms with Gasteiger partial charge in [0.2, 0.25) is 5.91 Å². The van der Waals surface area contributed by atoms with Gasteiger partial charge in [0.15, 0.2) is 11.0 Å². The van der Waals surface area contributed by atoms with Crippen molar-refractivity contribution in [2.24, 2.45) is 7.05 Å². The van der Waals surface area contributed by atoms with Crippen molar-refractivity contribution in [3.63, 3.8) is 0 Å². The summed E-state index contributed by atoms with van der Waals surface area (Å²) < 4.78 is 1.80. The van der Waals surface area contributed by atoms with Crippen LogP contribution in [0, 0.1) is 0 Å². The summed E-state index contributed by atoms with van der Waals surface area (Å²) in [7, 11) is 1.83. The van der Waals surface area contributed by atoms with Gasteiger partial charge >= 0.3 is 0 Å². The second-order valence-corrected chi connectivity index (χ2v) is 6.20. The molecular weight excluding hydrogens is 352 g/mol. The predicted octanol–water partition coefficient (Wildman–Crippen LogP) is 1.43. The Hall–Kier alpha value is -3.20. The van der Waals surface area contributed by atoms with Crippen LogP contribution in [0.15, 0.2) is 60.0 Å². The van der Waals surface area contributed by atoms with Crippen molar-refractivity contribution in [3.8, 4) is 11.4 Å². The van der Waals surface area contributed by atoms with Crippen LogP contribution in [-0.4, -0.2) is 37.3 Å². The number of thioether (sulfide) groups is 1. The number of rotatable bonds is 5. The third-order valence-electron chi connectivity index (χ3n) is 3.46. The van der Waals surface area contributed by atoms with E-state index in [1.54, 1.807) is 41.2 Å². The van der Waals surface area contributed by atoms with E-state index in [4.69, 9.17) is 0 Å². The highest BCUT2D eigenvalue weighted by Gasteiger charge is 2.13. The molecule has 2 amide bonds. The van der Waals surface area contributed by atoms with Crippen molar-refractivity contribution >= 4 is 23.6 Å². The molecule has 0 unspecified atom stereocenters. The van der Waals surface area contributed by atoms with Crippen molar-refractivity contribution in [1.82, 2.24) is 30.6 Å². The number of benzene rings is 1. The molecule has 2 heterocycles. The monoisotopic (exact) mass is 368 g/mol. The number of carbonyl (C=O) groups is 2. The molecule has 0 radical (unpaired) electrons. The van der Waals surface area contributed by atoms with Crippen LogP contribution in [0.25, 0.3) is 11.4 Å². The molecule has 3 aromatic rings. The molecule has 26 heavy (non-hydrogen) atoms. The Labute approximate surface area is 154 Å². The lowest BCUT2D eigenvalue weighted by atomic mass is 10.2. The lowest BCUT2D eigenvalue weighted by molar-refractivity contribution is -0.119. The minimum Gasteiger partial charge on any atom is -0.305 e. The first kappa shape index (κ1) is 17.6. The molecule has 9 heteroatoms. The Morgan fingerprint density at radius 3 is 2.50 bits per heavy atom. The molecule has 0 spiro atoms. The number of hydrazine groups is 1. The van der Waals surface area contributed by atoms with E-state index in [0.717, 1.165) is 5.56 Å². The van der Waals surface area contributed by atoms with Crippen LogP contribution < -0.4 is 10.9 Å². The fourth-order valence-electron chi connectivity index (χ4n) is 2.15.